The molecule has 18 heavy (non-hydrogen) atoms. The van der Waals surface area contributed by atoms with Crippen LogP contribution in [0, 0.1) is 5.92 Å². The predicted octanol–water partition coefficient (Wildman–Crippen LogP) is 2.17. The number of benzene rings is 1. The molecule has 1 aliphatic rings. The van der Waals surface area contributed by atoms with Crippen LogP contribution in [0.5, 0.6) is 5.75 Å². The lowest BCUT2D eigenvalue weighted by atomic mass is 10.1. The van der Waals surface area contributed by atoms with E-state index in [2.05, 4.69) is 15.3 Å². The Labute approximate surface area is 106 Å². The van der Waals surface area contributed by atoms with Crippen molar-refractivity contribution in [2.75, 3.05) is 14.2 Å². The van der Waals surface area contributed by atoms with Crippen molar-refractivity contribution in [1.29, 1.82) is 0 Å². The molecule has 2 rings (SSSR count). The third-order valence-electron chi connectivity index (χ3n) is 2.80. The Balaban J connectivity index is 2.15. The van der Waals surface area contributed by atoms with Gasteiger partial charge in [0.1, 0.15) is 5.75 Å². The Morgan fingerprint density at radius 3 is 2.44 bits per heavy atom. The SMILES string of the molecule is COC(=O)N/N=C(/c1ccc(OC)cc1)C1CC1. The minimum atomic E-state index is -0.554. The lowest BCUT2D eigenvalue weighted by molar-refractivity contribution is 0.171. The number of carbonyl (C=O) groups is 1. The largest absolute Gasteiger partial charge is 0.497 e. The molecule has 1 aliphatic carbocycles. The number of amides is 1. The third kappa shape index (κ3) is 3.00. The highest BCUT2D eigenvalue weighted by Crippen LogP contribution is 2.33. The van der Waals surface area contributed by atoms with Gasteiger partial charge in [0, 0.05) is 5.92 Å². The topological polar surface area (TPSA) is 59.9 Å². The summed E-state index contributed by atoms with van der Waals surface area (Å²) in [5.41, 5.74) is 4.26. The second-order valence-corrected chi connectivity index (χ2v) is 4.10. The standard InChI is InChI=1S/C13H16N2O3/c1-17-11-7-5-10(6-8-11)12(9-3-4-9)14-15-13(16)18-2/h5-9H,3-4H2,1-2H3,(H,15,16)/b14-12+. The molecule has 5 heteroatoms. The molecule has 1 aromatic carbocycles. The molecule has 1 fully saturated rings. The van der Waals surface area contributed by atoms with E-state index in [1.807, 2.05) is 24.3 Å². The smallest absolute Gasteiger partial charge is 0.427 e. The third-order valence-corrected chi connectivity index (χ3v) is 2.80. The molecular weight excluding hydrogens is 232 g/mol. The Hall–Kier alpha value is -2.04. The summed E-state index contributed by atoms with van der Waals surface area (Å²) in [6.07, 6.45) is 1.66. The minimum absolute atomic E-state index is 0.426. The van der Waals surface area contributed by atoms with E-state index in [0.717, 1.165) is 29.9 Å². The number of methoxy groups -OCH3 is 2. The molecule has 0 atom stereocenters. The highest BCUT2D eigenvalue weighted by Gasteiger charge is 2.29. The van der Waals surface area contributed by atoms with Crippen molar-refractivity contribution in [3.63, 3.8) is 0 Å². The summed E-state index contributed by atoms with van der Waals surface area (Å²) in [5, 5.41) is 4.13. The lowest BCUT2D eigenvalue weighted by Crippen LogP contribution is -2.20. The van der Waals surface area contributed by atoms with Gasteiger partial charge in [-0.15, -0.1) is 0 Å². The number of nitrogens with one attached hydrogen (secondary N) is 1. The number of rotatable bonds is 4. The maximum Gasteiger partial charge on any atom is 0.427 e. The summed E-state index contributed by atoms with van der Waals surface area (Å²) in [5.74, 6) is 1.23. The fourth-order valence-corrected chi connectivity index (χ4v) is 1.66. The van der Waals surface area contributed by atoms with Crippen LogP contribution >= 0.6 is 0 Å². The van der Waals surface area contributed by atoms with Crippen molar-refractivity contribution < 1.29 is 14.3 Å². The van der Waals surface area contributed by atoms with Crippen molar-refractivity contribution in [1.82, 2.24) is 5.43 Å². The van der Waals surface area contributed by atoms with Crippen LogP contribution < -0.4 is 10.2 Å². The second-order valence-electron chi connectivity index (χ2n) is 4.10. The van der Waals surface area contributed by atoms with Gasteiger partial charge in [-0.3, -0.25) is 0 Å². The number of nitrogens with zero attached hydrogens (tertiary/aromatic N) is 1. The van der Waals surface area contributed by atoms with Crippen LogP contribution in [0.15, 0.2) is 29.4 Å². The molecule has 0 bridgehead atoms. The first-order chi connectivity index (χ1) is 8.74. The van der Waals surface area contributed by atoms with Crippen molar-refractivity contribution in [3.05, 3.63) is 29.8 Å². The van der Waals surface area contributed by atoms with Crippen molar-refractivity contribution in [2.24, 2.45) is 11.0 Å². The van der Waals surface area contributed by atoms with Gasteiger partial charge in [-0.1, -0.05) is 0 Å². The van der Waals surface area contributed by atoms with Crippen molar-refractivity contribution in [2.45, 2.75) is 12.8 Å². The molecule has 1 saturated carbocycles. The maximum atomic E-state index is 11.0. The Bertz CT molecular complexity index is 450. The Morgan fingerprint density at radius 2 is 1.94 bits per heavy atom. The lowest BCUT2D eigenvalue weighted by Gasteiger charge is -2.07. The Morgan fingerprint density at radius 1 is 1.28 bits per heavy atom. The first kappa shape index (κ1) is 12.4. The first-order valence-corrected chi connectivity index (χ1v) is 5.80. The number of hydrogen-bond acceptors (Lipinski definition) is 4. The quantitative estimate of drug-likeness (QED) is 0.656. The van der Waals surface area contributed by atoms with Gasteiger partial charge in [-0.05, 0) is 42.7 Å². The Kier molecular flexibility index (Phi) is 3.82. The molecule has 1 amide bonds. The van der Waals surface area contributed by atoms with Gasteiger partial charge >= 0.3 is 6.09 Å². The maximum absolute atomic E-state index is 11.0. The zero-order valence-electron chi connectivity index (χ0n) is 10.5. The number of hydrazone groups is 1. The summed E-state index contributed by atoms with van der Waals surface area (Å²) in [7, 11) is 2.94. The molecule has 0 unspecified atom stereocenters. The number of hydrogen-bond donors (Lipinski definition) is 1. The van der Waals surface area contributed by atoms with E-state index in [0.29, 0.717) is 5.92 Å². The van der Waals surface area contributed by atoms with Gasteiger partial charge in [-0.2, -0.15) is 5.10 Å². The molecule has 1 N–H and O–H groups in total. The molecule has 0 aromatic heterocycles. The fourth-order valence-electron chi connectivity index (χ4n) is 1.66. The molecule has 0 aliphatic heterocycles. The average Bonchev–Trinajstić information content (AvgIpc) is 3.24. The molecule has 1 aromatic rings. The highest BCUT2D eigenvalue weighted by molar-refractivity contribution is 6.03. The normalized spacial score (nSPS) is 15.1. The van der Waals surface area contributed by atoms with E-state index in [-0.39, 0.29) is 0 Å². The van der Waals surface area contributed by atoms with Crippen molar-refractivity contribution in [3.8, 4) is 5.75 Å². The molecule has 0 spiro atoms. The summed E-state index contributed by atoms with van der Waals surface area (Å²) in [6, 6.07) is 7.64. The van der Waals surface area contributed by atoms with Crippen LogP contribution in [0.25, 0.3) is 0 Å². The molecular formula is C13H16N2O3. The molecule has 5 nitrogen and oxygen atoms in total. The van der Waals surface area contributed by atoms with E-state index in [1.165, 1.54) is 7.11 Å². The first-order valence-electron chi connectivity index (χ1n) is 5.80. The van der Waals surface area contributed by atoms with Crippen LogP contribution in [-0.2, 0) is 4.74 Å². The zero-order valence-corrected chi connectivity index (χ0v) is 10.5. The average molecular weight is 248 g/mol. The van der Waals surface area contributed by atoms with Gasteiger partial charge < -0.3 is 9.47 Å². The number of carbonyl (C=O) groups excluding carboxylic acids is 1. The monoisotopic (exact) mass is 248 g/mol. The van der Waals surface area contributed by atoms with E-state index in [4.69, 9.17) is 4.74 Å². The number of ether oxygens (including phenoxy) is 2. The summed E-state index contributed by atoms with van der Waals surface area (Å²) >= 11 is 0. The van der Waals surface area contributed by atoms with E-state index in [1.54, 1.807) is 7.11 Å². The fraction of sp³-hybridized carbons (Fsp3) is 0.385. The van der Waals surface area contributed by atoms with E-state index < -0.39 is 6.09 Å². The minimum Gasteiger partial charge on any atom is -0.497 e. The van der Waals surface area contributed by atoms with Crippen LogP contribution in [-0.4, -0.2) is 26.0 Å². The van der Waals surface area contributed by atoms with E-state index >= 15 is 0 Å². The van der Waals surface area contributed by atoms with Gasteiger partial charge in [-0.25, -0.2) is 10.2 Å². The second kappa shape index (κ2) is 5.53. The molecule has 0 heterocycles. The molecule has 0 radical (unpaired) electrons. The summed E-state index contributed by atoms with van der Waals surface area (Å²) in [6.45, 7) is 0. The molecule has 0 saturated heterocycles. The van der Waals surface area contributed by atoms with Crippen LogP contribution in [0.4, 0.5) is 4.79 Å². The highest BCUT2D eigenvalue weighted by atomic mass is 16.5. The van der Waals surface area contributed by atoms with Gasteiger partial charge in [0.2, 0.25) is 0 Å². The van der Waals surface area contributed by atoms with Gasteiger partial charge in [0.15, 0.2) is 0 Å². The van der Waals surface area contributed by atoms with Crippen LogP contribution in [0.3, 0.4) is 0 Å². The van der Waals surface area contributed by atoms with Crippen molar-refractivity contribution >= 4 is 11.8 Å². The molecule has 96 valence electrons. The summed E-state index contributed by atoms with van der Waals surface area (Å²) in [4.78, 5) is 11.0. The van der Waals surface area contributed by atoms with Gasteiger partial charge in [0.05, 0.1) is 19.9 Å². The van der Waals surface area contributed by atoms with Crippen LogP contribution in [0.1, 0.15) is 18.4 Å². The van der Waals surface area contributed by atoms with E-state index in [9.17, 15) is 4.79 Å². The predicted molar refractivity (Wildman–Crippen MR) is 67.8 cm³/mol. The summed E-state index contributed by atoms with van der Waals surface area (Å²) < 4.78 is 9.61. The van der Waals surface area contributed by atoms with Crippen LogP contribution in [0.2, 0.25) is 0 Å². The van der Waals surface area contributed by atoms with Gasteiger partial charge in [0.25, 0.3) is 0 Å². The zero-order chi connectivity index (χ0) is 13.0.